The van der Waals surface area contributed by atoms with E-state index in [2.05, 4.69) is 13.8 Å². The monoisotopic (exact) mass is 376 g/mol. The Morgan fingerprint density at radius 3 is 2.74 bits per heavy atom. The van der Waals surface area contributed by atoms with Crippen LogP contribution in [0, 0.1) is 34.5 Å². The summed E-state index contributed by atoms with van der Waals surface area (Å²) < 4.78 is 13.2. The lowest BCUT2D eigenvalue weighted by atomic mass is 9.45. The van der Waals surface area contributed by atoms with E-state index in [1.54, 1.807) is 12.2 Å². The highest BCUT2D eigenvalue weighted by Gasteiger charge is 2.68. The Balaban J connectivity index is 1.78. The van der Waals surface area contributed by atoms with Crippen LogP contribution in [0.25, 0.3) is 0 Å². The van der Waals surface area contributed by atoms with Crippen LogP contribution in [0.4, 0.5) is 4.39 Å². The maximum absolute atomic E-state index is 13.2. The van der Waals surface area contributed by atoms with Crippen molar-refractivity contribution in [2.75, 3.05) is 6.67 Å². The first-order chi connectivity index (χ1) is 12.6. The molecule has 0 aromatic heterocycles. The summed E-state index contributed by atoms with van der Waals surface area (Å²) in [6.07, 6.45) is 6.55. The fraction of sp³-hybridized carbons (Fsp3) is 0.727. The summed E-state index contributed by atoms with van der Waals surface area (Å²) in [5.41, 5.74) is -1.84. The van der Waals surface area contributed by atoms with Crippen molar-refractivity contribution in [2.24, 2.45) is 34.5 Å². The highest BCUT2D eigenvalue weighted by Crippen LogP contribution is 2.67. The van der Waals surface area contributed by atoms with Crippen LogP contribution >= 0.6 is 0 Å². The summed E-state index contributed by atoms with van der Waals surface area (Å²) in [4.78, 5) is 24.2. The third-order valence-electron chi connectivity index (χ3n) is 8.55. The number of hydrogen-bond acceptors (Lipinski definition) is 4. The van der Waals surface area contributed by atoms with Gasteiger partial charge in [0.1, 0.15) is 5.60 Å². The zero-order valence-electron chi connectivity index (χ0n) is 16.2. The maximum Gasteiger partial charge on any atom is 0.195 e. The Bertz CT molecular complexity index is 757. The first kappa shape index (κ1) is 19.0. The molecule has 4 rings (SSSR count). The summed E-state index contributed by atoms with van der Waals surface area (Å²) in [6, 6.07) is 0. The second-order valence-electron chi connectivity index (χ2n) is 9.70. The highest BCUT2D eigenvalue weighted by atomic mass is 19.1. The smallest absolute Gasteiger partial charge is 0.195 e. The molecule has 0 heterocycles. The first-order valence-corrected chi connectivity index (χ1v) is 10.0. The molecule has 2 N–H and O–H groups in total. The number of halogens is 1. The number of hydrogen-bond donors (Lipinski definition) is 2. The van der Waals surface area contributed by atoms with Gasteiger partial charge in [-0.15, -0.1) is 0 Å². The van der Waals surface area contributed by atoms with Crippen molar-refractivity contribution in [3.63, 3.8) is 0 Å². The van der Waals surface area contributed by atoms with E-state index in [4.69, 9.17) is 0 Å². The van der Waals surface area contributed by atoms with Crippen LogP contribution in [0.3, 0.4) is 0 Å². The Kier molecular flexibility index (Phi) is 4.11. The van der Waals surface area contributed by atoms with Gasteiger partial charge in [-0.05, 0) is 55.6 Å². The van der Waals surface area contributed by atoms with Gasteiger partial charge in [0.2, 0.25) is 0 Å². The normalized spacial score (nSPS) is 51.3. The number of fused-ring (bicyclic) bond motifs is 5. The molecule has 27 heavy (non-hydrogen) atoms. The van der Waals surface area contributed by atoms with Gasteiger partial charge in [0.15, 0.2) is 18.2 Å². The van der Waals surface area contributed by atoms with Crippen molar-refractivity contribution < 1.29 is 24.2 Å². The molecule has 0 aliphatic heterocycles. The van der Waals surface area contributed by atoms with Crippen molar-refractivity contribution in [1.29, 1.82) is 0 Å². The molecule has 4 aliphatic carbocycles. The second-order valence-corrected chi connectivity index (χ2v) is 9.70. The van der Waals surface area contributed by atoms with E-state index in [1.165, 1.54) is 0 Å². The minimum atomic E-state index is -1.70. The van der Waals surface area contributed by atoms with E-state index in [9.17, 15) is 24.2 Å². The van der Waals surface area contributed by atoms with Crippen LogP contribution in [-0.2, 0) is 9.59 Å². The van der Waals surface area contributed by atoms with Crippen LogP contribution in [0.15, 0.2) is 23.8 Å². The van der Waals surface area contributed by atoms with Crippen molar-refractivity contribution in [2.45, 2.75) is 58.2 Å². The fourth-order valence-electron chi connectivity index (χ4n) is 7.32. The molecule has 0 saturated heterocycles. The highest BCUT2D eigenvalue weighted by molar-refractivity contribution is 6.01. The summed E-state index contributed by atoms with van der Waals surface area (Å²) in [5, 5.41) is 22.3. The molecule has 4 nitrogen and oxygen atoms in total. The van der Waals surface area contributed by atoms with Crippen molar-refractivity contribution in [3.8, 4) is 0 Å². The van der Waals surface area contributed by atoms with Gasteiger partial charge in [-0.1, -0.05) is 32.4 Å². The van der Waals surface area contributed by atoms with E-state index in [0.29, 0.717) is 6.42 Å². The van der Waals surface area contributed by atoms with Gasteiger partial charge in [0.25, 0.3) is 0 Å². The summed E-state index contributed by atoms with van der Waals surface area (Å²) >= 11 is 0. The number of aliphatic hydroxyl groups is 2. The number of rotatable bonds is 2. The van der Waals surface area contributed by atoms with E-state index in [-0.39, 0.29) is 42.3 Å². The van der Waals surface area contributed by atoms with Crippen molar-refractivity contribution in [3.05, 3.63) is 23.8 Å². The zero-order chi connectivity index (χ0) is 19.8. The topological polar surface area (TPSA) is 74.6 Å². The van der Waals surface area contributed by atoms with Gasteiger partial charge < -0.3 is 10.2 Å². The standard InChI is InChI=1S/C22H29FO4/c1-12-8-14-15-5-7-22(27,18(26)11-23)21(15,3)10-17(25)19(14)20(2)6-4-13(24)9-16(12)20/h4,6,9,12,14-15,17,19,25,27H,5,7-8,10-11H2,1-3H3/t12-,14-,15+,17+,19+,20+,21+,22-/m0/s1. The molecule has 0 amide bonds. The van der Waals surface area contributed by atoms with Crippen LogP contribution in [-0.4, -0.2) is 40.2 Å². The lowest BCUT2D eigenvalue weighted by molar-refractivity contribution is -0.179. The number of carbonyl (C=O) groups is 2. The van der Waals surface area contributed by atoms with E-state index in [1.807, 2.05) is 13.0 Å². The minimum absolute atomic E-state index is 0.00769. The number of Topliss-reactive ketones (excluding diaryl/α,β-unsaturated/α-hetero) is 1. The number of ketones is 2. The van der Waals surface area contributed by atoms with E-state index >= 15 is 0 Å². The molecular formula is C22H29FO4. The molecule has 3 fully saturated rings. The molecule has 0 unspecified atom stereocenters. The van der Waals surface area contributed by atoms with E-state index in [0.717, 1.165) is 12.0 Å². The quantitative estimate of drug-likeness (QED) is 0.777. The fourth-order valence-corrected chi connectivity index (χ4v) is 7.32. The Hall–Kier alpha value is -1.33. The molecular weight excluding hydrogens is 347 g/mol. The Labute approximate surface area is 159 Å². The second kappa shape index (κ2) is 5.84. The van der Waals surface area contributed by atoms with Gasteiger partial charge in [-0.3, -0.25) is 9.59 Å². The predicted octanol–water partition coefficient (Wildman–Crippen LogP) is 2.78. The first-order valence-electron chi connectivity index (χ1n) is 10.0. The van der Waals surface area contributed by atoms with Crippen molar-refractivity contribution in [1.82, 2.24) is 0 Å². The predicted molar refractivity (Wildman–Crippen MR) is 98.5 cm³/mol. The van der Waals surface area contributed by atoms with Crippen LogP contribution < -0.4 is 0 Å². The van der Waals surface area contributed by atoms with E-state index < -0.39 is 35.0 Å². The Morgan fingerprint density at radius 2 is 2.07 bits per heavy atom. The third kappa shape index (κ3) is 2.27. The molecule has 0 bridgehead atoms. The average molecular weight is 376 g/mol. The molecule has 8 atom stereocenters. The molecule has 0 aromatic rings. The van der Waals surface area contributed by atoms with Gasteiger partial charge >= 0.3 is 0 Å². The molecule has 148 valence electrons. The number of alkyl halides is 1. The molecule has 0 aromatic carbocycles. The molecule has 5 heteroatoms. The summed E-state index contributed by atoms with van der Waals surface area (Å²) in [7, 11) is 0. The lowest BCUT2D eigenvalue weighted by Crippen LogP contribution is -2.62. The SMILES string of the molecule is C[C@H]1C[C@@H]2[C@H]([C@H](O)C[C@]3(C)[C@@H]2CC[C@]3(O)C(=O)CF)[C@]2(C)C=CC(=O)C=C12. The summed E-state index contributed by atoms with van der Waals surface area (Å²) in [6.45, 7) is 4.89. The molecule has 0 spiro atoms. The number of carbonyl (C=O) groups excluding carboxylic acids is 2. The van der Waals surface area contributed by atoms with Gasteiger partial charge in [-0.2, -0.15) is 0 Å². The number of aliphatic hydroxyl groups excluding tert-OH is 1. The average Bonchev–Trinajstić information content (AvgIpc) is 2.87. The minimum Gasteiger partial charge on any atom is -0.393 e. The zero-order valence-corrected chi connectivity index (χ0v) is 16.2. The summed E-state index contributed by atoms with van der Waals surface area (Å²) in [5.74, 6) is -0.465. The van der Waals surface area contributed by atoms with Gasteiger partial charge in [0, 0.05) is 16.7 Å². The lowest BCUT2D eigenvalue weighted by Gasteiger charge is -2.60. The van der Waals surface area contributed by atoms with Crippen LogP contribution in [0.2, 0.25) is 0 Å². The van der Waals surface area contributed by atoms with Crippen LogP contribution in [0.5, 0.6) is 0 Å². The maximum atomic E-state index is 13.2. The van der Waals surface area contributed by atoms with Gasteiger partial charge in [0.05, 0.1) is 6.10 Å². The molecule has 0 radical (unpaired) electrons. The molecule has 3 saturated carbocycles. The van der Waals surface area contributed by atoms with Gasteiger partial charge in [-0.25, -0.2) is 4.39 Å². The number of allylic oxidation sites excluding steroid dienone is 4. The largest absolute Gasteiger partial charge is 0.393 e. The third-order valence-corrected chi connectivity index (χ3v) is 8.55. The van der Waals surface area contributed by atoms with Crippen LogP contribution in [0.1, 0.15) is 46.5 Å². The molecule has 4 aliphatic rings. The Morgan fingerprint density at radius 1 is 1.37 bits per heavy atom. The van der Waals surface area contributed by atoms with Crippen molar-refractivity contribution >= 4 is 11.6 Å².